The SMILES string of the molecule is CCC(c1nnc(SCC(=O)N2CCCc3ccccc32)n1-c1ccc(OC)cc1)N(C)C. The van der Waals surface area contributed by atoms with E-state index >= 15 is 0 Å². The molecule has 8 heteroatoms. The zero-order valence-corrected chi connectivity index (χ0v) is 20.5. The number of carbonyl (C=O) groups excluding carboxylic acids is 1. The number of hydrogen-bond donors (Lipinski definition) is 0. The zero-order chi connectivity index (χ0) is 23.4. The highest BCUT2D eigenvalue weighted by atomic mass is 32.2. The Kier molecular flexibility index (Phi) is 7.35. The van der Waals surface area contributed by atoms with Gasteiger partial charge in [0, 0.05) is 17.9 Å². The topological polar surface area (TPSA) is 63.5 Å². The molecule has 174 valence electrons. The lowest BCUT2D eigenvalue weighted by Crippen LogP contribution is -2.36. The van der Waals surface area contributed by atoms with E-state index in [0.717, 1.165) is 48.8 Å². The van der Waals surface area contributed by atoms with Crippen molar-refractivity contribution in [1.29, 1.82) is 0 Å². The zero-order valence-electron chi connectivity index (χ0n) is 19.7. The van der Waals surface area contributed by atoms with Gasteiger partial charge in [-0.05, 0) is 69.3 Å². The second-order valence-corrected chi connectivity index (χ2v) is 9.27. The molecule has 0 saturated carbocycles. The van der Waals surface area contributed by atoms with Crippen molar-refractivity contribution < 1.29 is 9.53 Å². The molecule has 0 saturated heterocycles. The minimum Gasteiger partial charge on any atom is -0.497 e. The van der Waals surface area contributed by atoms with Crippen LogP contribution < -0.4 is 9.64 Å². The molecule has 1 amide bonds. The summed E-state index contributed by atoms with van der Waals surface area (Å²) in [7, 11) is 5.75. The fourth-order valence-electron chi connectivity index (χ4n) is 4.34. The number of nitrogens with zero attached hydrogens (tertiary/aromatic N) is 5. The van der Waals surface area contributed by atoms with Crippen LogP contribution in [0.2, 0.25) is 0 Å². The Morgan fingerprint density at radius 2 is 1.91 bits per heavy atom. The molecule has 1 aliphatic heterocycles. The largest absolute Gasteiger partial charge is 0.497 e. The van der Waals surface area contributed by atoms with Crippen LogP contribution in [0.4, 0.5) is 5.69 Å². The number of anilines is 1. The number of thioether (sulfide) groups is 1. The number of ether oxygens (including phenoxy) is 1. The van der Waals surface area contributed by atoms with Gasteiger partial charge < -0.3 is 9.64 Å². The molecular weight excluding hydrogens is 434 g/mol. The number of carbonyl (C=O) groups is 1. The number of fused-ring (bicyclic) bond motifs is 1. The first-order valence-electron chi connectivity index (χ1n) is 11.3. The molecule has 0 spiro atoms. The summed E-state index contributed by atoms with van der Waals surface area (Å²) in [6, 6.07) is 16.2. The predicted molar refractivity (Wildman–Crippen MR) is 132 cm³/mol. The number of benzene rings is 2. The first-order valence-corrected chi connectivity index (χ1v) is 12.3. The molecular formula is C25H31N5O2S. The van der Waals surface area contributed by atoms with E-state index in [-0.39, 0.29) is 11.9 Å². The third-order valence-corrected chi connectivity index (χ3v) is 6.95. The van der Waals surface area contributed by atoms with Crippen LogP contribution in [0.3, 0.4) is 0 Å². The highest BCUT2D eigenvalue weighted by Crippen LogP contribution is 2.31. The van der Waals surface area contributed by atoms with E-state index in [0.29, 0.717) is 10.9 Å². The van der Waals surface area contributed by atoms with Gasteiger partial charge in [0.1, 0.15) is 5.75 Å². The molecule has 0 N–H and O–H groups in total. The molecule has 1 unspecified atom stereocenters. The third-order valence-electron chi connectivity index (χ3n) is 6.03. The maximum Gasteiger partial charge on any atom is 0.237 e. The summed E-state index contributed by atoms with van der Waals surface area (Å²) in [5.74, 6) is 2.06. The molecule has 0 fully saturated rings. The van der Waals surface area contributed by atoms with Crippen molar-refractivity contribution >= 4 is 23.4 Å². The molecule has 2 aromatic carbocycles. The molecule has 1 atom stereocenters. The highest BCUT2D eigenvalue weighted by Gasteiger charge is 2.26. The summed E-state index contributed by atoms with van der Waals surface area (Å²) < 4.78 is 7.39. The van der Waals surface area contributed by atoms with Crippen LogP contribution in [0, 0.1) is 0 Å². The van der Waals surface area contributed by atoms with Gasteiger partial charge in [0.15, 0.2) is 11.0 Å². The van der Waals surface area contributed by atoms with E-state index in [9.17, 15) is 4.79 Å². The summed E-state index contributed by atoms with van der Waals surface area (Å²) in [4.78, 5) is 17.3. The van der Waals surface area contributed by atoms with Gasteiger partial charge in [0.2, 0.25) is 5.91 Å². The molecule has 7 nitrogen and oxygen atoms in total. The normalized spacial score (nSPS) is 14.3. The summed E-state index contributed by atoms with van der Waals surface area (Å²) in [6.45, 7) is 2.90. The van der Waals surface area contributed by atoms with E-state index in [4.69, 9.17) is 4.74 Å². The Morgan fingerprint density at radius 3 is 2.61 bits per heavy atom. The van der Waals surface area contributed by atoms with E-state index in [1.54, 1.807) is 7.11 Å². The summed E-state index contributed by atoms with van der Waals surface area (Å²) in [6.07, 6.45) is 2.90. The number of para-hydroxylation sites is 1. The summed E-state index contributed by atoms with van der Waals surface area (Å²) >= 11 is 1.44. The molecule has 0 aliphatic carbocycles. The van der Waals surface area contributed by atoms with E-state index < -0.39 is 0 Å². The van der Waals surface area contributed by atoms with Crippen molar-refractivity contribution in [3.63, 3.8) is 0 Å². The quantitative estimate of drug-likeness (QED) is 0.461. The van der Waals surface area contributed by atoms with Gasteiger partial charge in [-0.1, -0.05) is 36.9 Å². The first kappa shape index (κ1) is 23.3. The number of methoxy groups -OCH3 is 1. The molecule has 0 bridgehead atoms. The molecule has 3 aromatic rings. The second-order valence-electron chi connectivity index (χ2n) is 8.33. The minimum atomic E-state index is 0.0950. The Labute approximate surface area is 199 Å². The van der Waals surface area contributed by atoms with Crippen LogP contribution in [-0.2, 0) is 11.2 Å². The van der Waals surface area contributed by atoms with Gasteiger partial charge in [0.05, 0.1) is 18.9 Å². The van der Waals surface area contributed by atoms with Crippen LogP contribution in [0.1, 0.15) is 37.2 Å². The van der Waals surface area contributed by atoms with Crippen LogP contribution in [-0.4, -0.2) is 59.1 Å². The summed E-state index contributed by atoms with van der Waals surface area (Å²) in [5, 5.41) is 9.76. The number of aryl methyl sites for hydroxylation is 1. The van der Waals surface area contributed by atoms with Gasteiger partial charge in [-0.15, -0.1) is 10.2 Å². The second kappa shape index (κ2) is 10.4. The first-order chi connectivity index (χ1) is 16.0. The van der Waals surface area contributed by atoms with Crippen molar-refractivity contribution in [3.05, 3.63) is 59.9 Å². The Bertz CT molecular complexity index is 1100. The Morgan fingerprint density at radius 1 is 1.15 bits per heavy atom. The Balaban J connectivity index is 1.61. The van der Waals surface area contributed by atoms with Gasteiger partial charge in [0.25, 0.3) is 0 Å². The minimum absolute atomic E-state index is 0.0950. The fraction of sp³-hybridized carbons (Fsp3) is 0.400. The molecule has 2 heterocycles. The molecule has 1 aromatic heterocycles. The van der Waals surface area contributed by atoms with Gasteiger partial charge in [-0.2, -0.15) is 0 Å². The number of amides is 1. The third kappa shape index (κ3) is 4.91. The molecule has 4 rings (SSSR count). The van der Waals surface area contributed by atoms with E-state index in [2.05, 4.69) is 32.7 Å². The molecule has 1 aliphatic rings. The molecule has 33 heavy (non-hydrogen) atoms. The number of hydrogen-bond acceptors (Lipinski definition) is 6. The maximum atomic E-state index is 13.2. The lowest BCUT2D eigenvalue weighted by molar-refractivity contribution is -0.116. The van der Waals surface area contributed by atoms with Gasteiger partial charge >= 0.3 is 0 Å². The lowest BCUT2D eigenvalue weighted by Gasteiger charge is -2.29. The summed E-state index contributed by atoms with van der Waals surface area (Å²) in [5.41, 5.74) is 3.22. The van der Waals surface area contributed by atoms with Crippen molar-refractivity contribution in [2.75, 3.05) is 38.4 Å². The van der Waals surface area contributed by atoms with Crippen molar-refractivity contribution in [1.82, 2.24) is 19.7 Å². The van der Waals surface area contributed by atoms with Gasteiger partial charge in [-0.25, -0.2) is 0 Å². The van der Waals surface area contributed by atoms with E-state index in [1.807, 2.05) is 61.5 Å². The van der Waals surface area contributed by atoms with Crippen LogP contribution in [0.15, 0.2) is 53.7 Å². The maximum absolute atomic E-state index is 13.2. The van der Waals surface area contributed by atoms with Gasteiger partial charge in [-0.3, -0.25) is 14.3 Å². The molecule has 0 radical (unpaired) electrons. The van der Waals surface area contributed by atoms with Crippen LogP contribution in [0.25, 0.3) is 5.69 Å². The highest BCUT2D eigenvalue weighted by molar-refractivity contribution is 7.99. The smallest absolute Gasteiger partial charge is 0.237 e. The van der Waals surface area contributed by atoms with Crippen molar-refractivity contribution in [2.45, 2.75) is 37.4 Å². The lowest BCUT2D eigenvalue weighted by atomic mass is 10.0. The van der Waals surface area contributed by atoms with Crippen molar-refractivity contribution in [3.8, 4) is 11.4 Å². The predicted octanol–water partition coefficient (Wildman–Crippen LogP) is 4.36. The Hall–Kier alpha value is -2.84. The van der Waals surface area contributed by atoms with E-state index in [1.165, 1.54) is 17.3 Å². The number of aromatic nitrogens is 3. The standard InChI is InChI=1S/C25H31N5O2S/c1-5-21(28(2)3)24-26-27-25(30(24)19-12-14-20(32-4)15-13-19)33-17-23(31)29-16-8-10-18-9-6-7-11-22(18)29/h6-7,9,11-15,21H,5,8,10,16-17H2,1-4H3. The average molecular weight is 466 g/mol. The van der Waals surface area contributed by atoms with Crippen LogP contribution in [0.5, 0.6) is 5.75 Å². The monoisotopic (exact) mass is 465 g/mol. The average Bonchev–Trinajstić information content (AvgIpc) is 3.25. The fourth-order valence-corrected chi connectivity index (χ4v) is 5.18. The number of rotatable bonds is 8. The van der Waals surface area contributed by atoms with Crippen molar-refractivity contribution in [2.24, 2.45) is 0 Å². The van der Waals surface area contributed by atoms with Crippen LogP contribution >= 0.6 is 11.8 Å².